The summed E-state index contributed by atoms with van der Waals surface area (Å²) in [5, 5.41) is 0.0763. The van der Waals surface area contributed by atoms with Gasteiger partial charge in [-0.3, -0.25) is 0 Å². The standard InChI is InChI=1S/C39H62F6O3Si2/c1-12-36-24-22-27-25-29(46-6)18-19-30(27)33(36)28(26-35(5)31(36)20-21-32(35)47-50(10,11)34(2,3)4)17-15-13-14-16-23-37(38(40,41)42,39(43,44)45)48-49(7,8)9/h12,18-19,25,28,31-33H,1,13-17,20-24,26H2,2-11H3/t28-,31+,32-,33+,35-,36-/m0/s1. The first-order valence-electron chi connectivity index (χ1n) is 18.6. The van der Waals surface area contributed by atoms with Gasteiger partial charge in [-0.15, -0.1) is 6.58 Å². The Morgan fingerprint density at radius 3 is 2.08 bits per heavy atom. The molecule has 2 fully saturated rings. The largest absolute Gasteiger partial charge is 0.497 e. The van der Waals surface area contributed by atoms with E-state index in [1.54, 1.807) is 7.11 Å². The van der Waals surface area contributed by atoms with Gasteiger partial charge in [-0.2, -0.15) is 26.3 Å². The molecule has 0 radical (unpaired) electrons. The fourth-order valence-electron chi connectivity index (χ4n) is 9.78. The highest BCUT2D eigenvalue weighted by Gasteiger charge is 2.72. The summed E-state index contributed by atoms with van der Waals surface area (Å²) in [6.45, 7) is 22.5. The maximum atomic E-state index is 14.1. The Morgan fingerprint density at radius 1 is 0.920 bits per heavy atom. The van der Waals surface area contributed by atoms with Crippen LogP contribution in [0.5, 0.6) is 5.75 Å². The number of fused-ring (bicyclic) bond motifs is 5. The van der Waals surface area contributed by atoms with E-state index in [1.165, 1.54) is 30.8 Å². The van der Waals surface area contributed by atoms with Crippen LogP contribution in [0.1, 0.15) is 109 Å². The minimum Gasteiger partial charge on any atom is -0.497 e. The van der Waals surface area contributed by atoms with Crippen LogP contribution in [0.25, 0.3) is 0 Å². The number of ether oxygens (including phenoxy) is 1. The zero-order valence-corrected chi connectivity index (χ0v) is 34.1. The van der Waals surface area contributed by atoms with Gasteiger partial charge in [-0.1, -0.05) is 59.1 Å². The van der Waals surface area contributed by atoms with Gasteiger partial charge in [0, 0.05) is 0 Å². The maximum Gasteiger partial charge on any atom is 0.425 e. The lowest BCUT2D eigenvalue weighted by molar-refractivity contribution is -0.362. The Kier molecular flexibility index (Phi) is 11.7. The molecule has 1 aromatic rings. The van der Waals surface area contributed by atoms with E-state index >= 15 is 0 Å². The zero-order valence-electron chi connectivity index (χ0n) is 32.1. The number of aryl methyl sites for hydroxylation is 1. The molecule has 0 N–H and O–H groups in total. The number of benzene rings is 1. The van der Waals surface area contributed by atoms with Crippen molar-refractivity contribution in [3.8, 4) is 5.75 Å². The third kappa shape index (κ3) is 7.68. The van der Waals surface area contributed by atoms with Gasteiger partial charge < -0.3 is 13.6 Å². The first kappa shape index (κ1) is 41.4. The average Bonchev–Trinajstić information content (AvgIpc) is 3.30. The van der Waals surface area contributed by atoms with E-state index in [-0.39, 0.29) is 46.6 Å². The molecule has 50 heavy (non-hydrogen) atoms. The van der Waals surface area contributed by atoms with Crippen LogP contribution in [-0.2, 0) is 15.3 Å². The number of hydrogen-bond donors (Lipinski definition) is 0. The molecular weight excluding hydrogens is 687 g/mol. The number of allylic oxidation sites excluding steroid dienone is 1. The fraction of sp³-hybridized carbons (Fsp3) is 0.795. The van der Waals surface area contributed by atoms with Crippen molar-refractivity contribution in [1.82, 2.24) is 0 Å². The molecule has 286 valence electrons. The quantitative estimate of drug-likeness (QED) is 0.0870. The highest BCUT2D eigenvalue weighted by Crippen LogP contribution is 2.70. The van der Waals surface area contributed by atoms with E-state index in [0.29, 0.717) is 12.3 Å². The normalized spacial score (nSPS) is 29.3. The van der Waals surface area contributed by atoms with Crippen molar-refractivity contribution < 1.29 is 39.9 Å². The van der Waals surface area contributed by atoms with E-state index in [2.05, 4.69) is 65.6 Å². The van der Waals surface area contributed by atoms with Crippen LogP contribution in [0.3, 0.4) is 0 Å². The molecule has 11 heteroatoms. The highest BCUT2D eigenvalue weighted by atomic mass is 28.4. The lowest BCUT2D eigenvalue weighted by Crippen LogP contribution is -2.62. The molecule has 2 saturated carbocycles. The molecular formula is C39H62F6O3Si2. The van der Waals surface area contributed by atoms with Crippen molar-refractivity contribution in [3.63, 3.8) is 0 Å². The van der Waals surface area contributed by atoms with Gasteiger partial charge in [0.25, 0.3) is 0 Å². The van der Waals surface area contributed by atoms with Gasteiger partial charge in [0.1, 0.15) is 5.75 Å². The van der Waals surface area contributed by atoms with Crippen molar-refractivity contribution in [3.05, 3.63) is 42.0 Å². The topological polar surface area (TPSA) is 27.7 Å². The Hall–Kier alpha value is -1.31. The summed E-state index contributed by atoms with van der Waals surface area (Å²) in [5.41, 5.74) is -1.69. The number of alkyl halides is 6. The minimum absolute atomic E-state index is 0.0674. The van der Waals surface area contributed by atoms with Gasteiger partial charge in [0.15, 0.2) is 16.6 Å². The second-order valence-electron chi connectivity index (χ2n) is 18.3. The molecule has 3 aliphatic rings. The Balaban J connectivity index is 1.59. The predicted molar refractivity (Wildman–Crippen MR) is 195 cm³/mol. The van der Waals surface area contributed by atoms with Crippen LogP contribution >= 0.6 is 0 Å². The smallest absolute Gasteiger partial charge is 0.425 e. The molecule has 0 amide bonds. The van der Waals surface area contributed by atoms with Crippen molar-refractivity contribution in [1.29, 1.82) is 0 Å². The average molecular weight is 749 g/mol. The molecule has 0 aliphatic heterocycles. The van der Waals surface area contributed by atoms with Crippen LogP contribution in [0.2, 0.25) is 37.8 Å². The molecule has 1 aromatic carbocycles. The zero-order chi connectivity index (χ0) is 37.8. The van der Waals surface area contributed by atoms with Gasteiger partial charge in [0.2, 0.25) is 5.60 Å². The van der Waals surface area contributed by atoms with Gasteiger partial charge in [-0.25, -0.2) is 0 Å². The summed E-state index contributed by atoms with van der Waals surface area (Å²) in [4.78, 5) is 0. The lowest BCUT2D eigenvalue weighted by Gasteiger charge is -2.61. The van der Waals surface area contributed by atoms with Crippen molar-refractivity contribution in [2.45, 2.75) is 166 Å². The monoisotopic (exact) mass is 748 g/mol. The Bertz CT molecular complexity index is 1330. The van der Waals surface area contributed by atoms with Crippen LogP contribution in [0.4, 0.5) is 26.3 Å². The Labute approximate surface area is 299 Å². The number of halogens is 6. The summed E-state index contributed by atoms with van der Waals surface area (Å²) in [5.74, 6) is 1.74. The molecule has 0 bridgehead atoms. The molecule has 6 atom stereocenters. The van der Waals surface area contributed by atoms with Gasteiger partial charge in [-0.05, 0) is 141 Å². The second kappa shape index (κ2) is 14.2. The van der Waals surface area contributed by atoms with E-state index < -0.39 is 41.0 Å². The minimum atomic E-state index is -5.55. The molecule has 0 spiro atoms. The first-order valence-corrected chi connectivity index (χ1v) is 24.9. The number of methoxy groups -OCH3 is 1. The Morgan fingerprint density at radius 2 is 1.54 bits per heavy atom. The second-order valence-corrected chi connectivity index (χ2v) is 27.5. The van der Waals surface area contributed by atoms with E-state index in [1.807, 2.05) is 6.07 Å². The molecule has 0 unspecified atom stereocenters. The lowest BCUT2D eigenvalue weighted by atomic mass is 9.44. The van der Waals surface area contributed by atoms with Crippen molar-refractivity contribution >= 4 is 16.6 Å². The maximum absolute atomic E-state index is 14.1. The predicted octanol–water partition coefficient (Wildman–Crippen LogP) is 12.8. The van der Waals surface area contributed by atoms with Crippen molar-refractivity contribution in [2.24, 2.45) is 22.7 Å². The van der Waals surface area contributed by atoms with Crippen LogP contribution < -0.4 is 4.74 Å². The van der Waals surface area contributed by atoms with Crippen LogP contribution in [0, 0.1) is 22.7 Å². The van der Waals surface area contributed by atoms with Gasteiger partial charge in [0.05, 0.1) is 13.2 Å². The van der Waals surface area contributed by atoms with Crippen LogP contribution in [0.15, 0.2) is 30.9 Å². The number of hydrogen-bond acceptors (Lipinski definition) is 3. The summed E-state index contributed by atoms with van der Waals surface area (Å²) in [7, 11) is -3.57. The summed E-state index contributed by atoms with van der Waals surface area (Å²) in [6, 6.07) is 6.41. The number of unbranched alkanes of at least 4 members (excludes halogenated alkanes) is 3. The summed E-state index contributed by atoms with van der Waals surface area (Å²) < 4.78 is 102. The number of rotatable bonds is 13. The molecule has 3 nitrogen and oxygen atoms in total. The molecule has 3 aliphatic carbocycles. The van der Waals surface area contributed by atoms with Gasteiger partial charge >= 0.3 is 12.4 Å². The molecule has 4 rings (SSSR count). The first-order chi connectivity index (χ1) is 22.8. The summed E-state index contributed by atoms with van der Waals surface area (Å²) >= 11 is 0. The SMILES string of the molecule is C=C[C@@]12CCc3cc(OC)ccc3[C@H]1[C@@H](CCCCCCC(O[Si](C)(C)C)(C(F)(F)F)C(F)(F)F)C[C@]1(C)[C@@H](O[Si](C)(C)C(C)(C)C)CC[C@H]12. The molecule has 0 aromatic heterocycles. The fourth-order valence-corrected chi connectivity index (χ4v) is 12.6. The van der Waals surface area contributed by atoms with E-state index in [0.717, 1.165) is 50.7 Å². The summed E-state index contributed by atoms with van der Waals surface area (Å²) in [6.07, 6.45) is -2.66. The van der Waals surface area contributed by atoms with Crippen molar-refractivity contribution in [2.75, 3.05) is 7.11 Å². The molecule has 0 saturated heterocycles. The molecule has 0 heterocycles. The third-order valence-electron chi connectivity index (χ3n) is 13.0. The van der Waals surface area contributed by atoms with E-state index in [9.17, 15) is 26.3 Å². The third-order valence-corrected chi connectivity index (χ3v) is 18.5. The van der Waals surface area contributed by atoms with E-state index in [4.69, 9.17) is 13.6 Å². The van der Waals surface area contributed by atoms with Crippen LogP contribution in [-0.4, -0.2) is 47.8 Å². The highest BCUT2D eigenvalue weighted by molar-refractivity contribution is 6.74.